The number of aliphatic hydroxyl groups excluding tert-OH is 2. The van der Waals surface area contributed by atoms with Gasteiger partial charge in [-0.1, -0.05) is 12.9 Å². The Hall–Kier alpha value is -1.22. The zero-order chi connectivity index (χ0) is 10.8. The summed E-state index contributed by atoms with van der Waals surface area (Å²) in [5, 5.41) is 13.5. The molecule has 0 unspecified atom stereocenters. The molecule has 0 aromatic carbocycles. The fraction of sp³-hybridized carbons (Fsp3) is 0. The third kappa shape index (κ3) is 562. The van der Waals surface area contributed by atoms with E-state index in [2.05, 4.69) is 27.0 Å². The van der Waals surface area contributed by atoms with E-state index in [4.69, 9.17) is 19.8 Å². The SMILES string of the molecule is C=C[CH2-].C=C[CH2-].O=[C-]O.O=[C-]O.[Zn]. The van der Waals surface area contributed by atoms with Gasteiger partial charge in [-0.2, -0.15) is 0 Å². The molecule has 0 saturated carbocycles. The van der Waals surface area contributed by atoms with Crippen LogP contribution in [0, 0.1) is 13.8 Å². The van der Waals surface area contributed by atoms with Crippen molar-refractivity contribution in [2.45, 2.75) is 0 Å². The van der Waals surface area contributed by atoms with E-state index in [1.165, 1.54) is 12.2 Å². The molecule has 5 heteroatoms. The van der Waals surface area contributed by atoms with Crippen LogP contribution in [0.4, 0.5) is 0 Å². The van der Waals surface area contributed by atoms with Gasteiger partial charge in [0.05, 0.1) is 0 Å². The molecule has 0 spiro atoms. The normalized spacial score (nSPS) is 3.69. The van der Waals surface area contributed by atoms with Crippen LogP contribution in [0.1, 0.15) is 0 Å². The van der Waals surface area contributed by atoms with Crippen molar-refractivity contribution in [1.82, 2.24) is 0 Å². The van der Waals surface area contributed by atoms with Crippen LogP contribution >= 0.6 is 0 Å². The Bertz CT molecular complexity index is 70.1. The Morgan fingerprint density at radius 1 is 1.00 bits per heavy atom. The summed E-state index contributed by atoms with van der Waals surface area (Å²) in [6.45, 7) is 14.0. The van der Waals surface area contributed by atoms with Gasteiger partial charge in [-0.25, -0.2) is 39.2 Å². The maximum atomic E-state index is 8.24. The molecule has 74 valence electrons. The van der Waals surface area contributed by atoms with Crippen LogP contribution in [0.5, 0.6) is 0 Å². The molecule has 13 heavy (non-hydrogen) atoms. The first-order valence-electron chi connectivity index (χ1n) is 2.49. The molecule has 0 aromatic rings. The summed E-state index contributed by atoms with van der Waals surface area (Å²) in [5.41, 5.74) is 0. The molecule has 0 aliphatic rings. The molecular weight excluding hydrogens is 225 g/mol. The summed E-state index contributed by atoms with van der Waals surface area (Å²) in [6.07, 6.45) is 3.00. The van der Waals surface area contributed by atoms with Crippen molar-refractivity contribution in [3.8, 4) is 0 Å². The van der Waals surface area contributed by atoms with Crippen LogP contribution in [0.25, 0.3) is 0 Å². The first-order valence-corrected chi connectivity index (χ1v) is 2.49. The second-order valence-electron chi connectivity index (χ2n) is 0.760. The molecule has 0 fully saturated rings. The van der Waals surface area contributed by atoms with Crippen LogP contribution in [0.3, 0.4) is 0 Å². The monoisotopic (exact) mass is 236 g/mol. The van der Waals surface area contributed by atoms with Gasteiger partial charge in [-0.3, -0.25) is 0 Å². The maximum Gasteiger partial charge on any atom is 0 e. The van der Waals surface area contributed by atoms with Crippen LogP contribution in [0.2, 0.25) is 0 Å². The molecule has 0 heterocycles. The predicted octanol–water partition coefficient (Wildman–Crippen LogP) is 1.23. The van der Waals surface area contributed by atoms with E-state index in [9.17, 15) is 0 Å². The van der Waals surface area contributed by atoms with E-state index < -0.39 is 0 Å². The molecule has 0 aliphatic carbocycles. The van der Waals surface area contributed by atoms with Crippen LogP contribution in [-0.2, 0) is 29.1 Å². The Labute approximate surface area is 91.7 Å². The van der Waals surface area contributed by atoms with Crippen molar-refractivity contribution in [1.29, 1.82) is 0 Å². The average Bonchev–Trinajstić information content (AvgIpc) is 1.92. The molecule has 0 amide bonds. The smallest absolute Gasteiger partial charge is 0 e. The van der Waals surface area contributed by atoms with E-state index in [0.29, 0.717) is 12.9 Å². The van der Waals surface area contributed by atoms with Crippen molar-refractivity contribution in [3.05, 3.63) is 39.2 Å². The number of hydrogen-bond acceptors (Lipinski definition) is 2. The van der Waals surface area contributed by atoms with E-state index in [-0.39, 0.29) is 19.5 Å². The molecule has 0 rings (SSSR count). The van der Waals surface area contributed by atoms with Crippen molar-refractivity contribution < 1.29 is 39.3 Å². The first kappa shape index (κ1) is 29.8. The molecule has 0 saturated heterocycles. The number of allylic oxidation sites excluding steroid dienone is 2. The van der Waals surface area contributed by atoms with E-state index in [0.717, 1.165) is 0 Å². The minimum Gasteiger partial charge on any atom is -0.665 e. The van der Waals surface area contributed by atoms with Gasteiger partial charge >= 0.3 is 0 Å². The van der Waals surface area contributed by atoms with Crippen LogP contribution in [0.15, 0.2) is 25.3 Å². The van der Waals surface area contributed by atoms with Crippen LogP contribution < -0.4 is 0 Å². The van der Waals surface area contributed by atoms with E-state index >= 15 is 0 Å². The molecule has 4 nitrogen and oxygen atoms in total. The molecule has 2 N–H and O–H groups in total. The van der Waals surface area contributed by atoms with E-state index in [1.54, 1.807) is 0 Å². The average molecular weight is 238 g/mol. The van der Waals surface area contributed by atoms with Gasteiger partial charge in [0, 0.05) is 19.5 Å². The zero-order valence-electron chi connectivity index (χ0n) is 7.40. The number of hydrogen-bond donors (Lipinski definition) is 2. The summed E-state index contributed by atoms with van der Waals surface area (Å²) < 4.78 is 0. The molecule has 0 atom stereocenters. The number of rotatable bonds is 0. The van der Waals surface area contributed by atoms with Gasteiger partial charge in [0.25, 0.3) is 0 Å². The topological polar surface area (TPSA) is 74.6 Å². The summed E-state index contributed by atoms with van der Waals surface area (Å²) in [4.78, 5) is 16.5. The molecular formula is C8H12O4Zn-4. The minimum atomic E-state index is 0. The van der Waals surface area contributed by atoms with Crippen molar-refractivity contribution >= 4 is 12.9 Å². The Balaban J connectivity index is -0.0000000213. The quantitative estimate of drug-likeness (QED) is 0.491. The van der Waals surface area contributed by atoms with Gasteiger partial charge in [0.1, 0.15) is 0 Å². The zero-order valence-corrected chi connectivity index (χ0v) is 10.4. The summed E-state index contributed by atoms with van der Waals surface area (Å²) in [6, 6.07) is 0. The standard InChI is InChI=1S/2C3H5.2CHO2.Zn/c2*1-3-2;2*2-1-3;/h2*3H,1-2H2;2*(H,2,3);/q4*-1;. The molecule has 0 radical (unpaired) electrons. The molecule has 0 aromatic heterocycles. The molecule has 0 bridgehead atoms. The second-order valence-corrected chi connectivity index (χ2v) is 0.760. The fourth-order valence-corrected chi connectivity index (χ4v) is 0. The Kier molecular flexibility index (Phi) is 305. The summed E-state index contributed by atoms with van der Waals surface area (Å²) in [5.74, 6) is 0. The maximum absolute atomic E-state index is 8.24. The molecule has 0 aliphatic heterocycles. The van der Waals surface area contributed by atoms with Gasteiger partial charge < -0.3 is 19.8 Å². The van der Waals surface area contributed by atoms with Gasteiger partial charge in [0.15, 0.2) is 0 Å². The second kappa shape index (κ2) is 133. The van der Waals surface area contributed by atoms with Crippen LogP contribution in [-0.4, -0.2) is 23.2 Å². The van der Waals surface area contributed by atoms with E-state index in [1.807, 2.05) is 0 Å². The Morgan fingerprint density at radius 2 is 1.00 bits per heavy atom. The third-order valence-corrected chi connectivity index (χ3v) is 0. The Morgan fingerprint density at radius 3 is 1.00 bits per heavy atom. The predicted molar refractivity (Wildman–Crippen MR) is 47.8 cm³/mol. The fourth-order valence-electron chi connectivity index (χ4n) is 0. The first-order chi connectivity index (χ1) is 5.66. The largest absolute Gasteiger partial charge is 0.665 e. The van der Waals surface area contributed by atoms with Crippen molar-refractivity contribution in [2.24, 2.45) is 0 Å². The third-order valence-electron chi connectivity index (χ3n) is 0. The van der Waals surface area contributed by atoms with Crippen molar-refractivity contribution in [3.63, 3.8) is 0 Å². The van der Waals surface area contributed by atoms with Gasteiger partial charge in [-0.15, -0.1) is 0 Å². The minimum absolute atomic E-state index is 0. The van der Waals surface area contributed by atoms with Gasteiger partial charge in [-0.05, 0) is 0 Å². The summed E-state index contributed by atoms with van der Waals surface area (Å²) >= 11 is 0. The van der Waals surface area contributed by atoms with Crippen molar-refractivity contribution in [2.75, 3.05) is 0 Å². The summed E-state index contributed by atoms with van der Waals surface area (Å²) in [7, 11) is 0. The van der Waals surface area contributed by atoms with Gasteiger partial charge in [0.2, 0.25) is 0 Å².